The van der Waals surface area contributed by atoms with Gasteiger partial charge in [0.05, 0.1) is 19.2 Å². The Hall–Kier alpha value is -2.31. The fraction of sp³-hybridized carbons (Fsp3) is 0.200. The highest BCUT2D eigenvalue weighted by atomic mass is 19.1. The number of hydrogen-bond donors (Lipinski definition) is 3. The predicted molar refractivity (Wildman–Crippen MR) is 59.6 cm³/mol. The SMILES string of the molecule is COc1cc(F)ccc1NC(=O)CC(N)=NO. The Morgan fingerprint density at radius 1 is 1.65 bits per heavy atom. The lowest BCUT2D eigenvalue weighted by molar-refractivity contribution is -0.115. The summed E-state index contributed by atoms with van der Waals surface area (Å²) < 4.78 is 17.8. The second-order valence-electron chi connectivity index (χ2n) is 3.16. The molecule has 0 atom stereocenters. The maximum absolute atomic E-state index is 12.9. The molecular formula is C10H12FN3O3. The molecule has 1 aromatic rings. The number of oxime groups is 1. The van der Waals surface area contributed by atoms with Crippen LogP contribution in [-0.2, 0) is 4.79 Å². The Morgan fingerprint density at radius 2 is 2.35 bits per heavy atom. The molecule has 0 bridgehead atoms. The molecule has 1 rings (SSSR count). The van der Waals surface area contributed by atoms with Gasteiger partial charge in [-0.25, -0.2) is 4.39 Å². The van der Waals surface area contributed by atoms with Crippen LogP contribution in [0, 0.1) is 5.82 Å². The number of carbonyl (C=O) groups excluding carboxylic acids is 1. The van der Waals surface area contributed by atoms with Gasteiger partial charge in [0.25, 0.3) is 0 Å². The summed E-state index contributed by atoms with van der Waals surface area (Å²) in [4.78, 5) is 11.4. The van der Waals surface area contributed by atoms with Crippen LogP contribution in [0.5, 0.6) is 5.75 Å². The molecule has 1 amide bonds. The van der Waals surface area contributed by atoms with Crippen molar-refractivity contribution in [2.75, 3.05) is 12.4 Å². The predicted octanol–water partition coefficient (Wildman–Crippen LogP) is 0.909. The zero-order valence-corrected chi connectivity index (χ0v) is 9.11. The van der Waals surface area contributed by atoms with E-state index < -0.39 is 11.7 Å². The van der Waals surface area contributed by atoms with E-state index in [0.29, 0.717) is 5.69 Å². The van der Waals surface area contributed by atoms with Crippen molar-refractivity contribution in [2.45, 2.75) is 6.42 Å². The minimum atomic E-state index is -0.495. The molecule has 0 saturated heterocycles. The van der Waals surface area contributed by atoms with Crippen LogP contribution >= 0.6 is 0 Å². The van der Waals surface area contributed by atoms with Crippen LogP contribution in [0.2, 0.25) is 0 Å². The van der Waals surface area contributed by atoms with E-state index in [-0.39, 0.29) is 18.0 Å². The lowest BCUT2D eigenvalue weighted by Gasteiger charge is -2.09. The molecule has 0 aliphatic rings. The molecule has 7 heteroatoms. The Balaban J connectivity index is 2.78. The summed E-state index contributed by atoms with van der Waals surface area (Å²) in [6.45, 7) is 0. The first-order chi connectivity index (χ1) is 8.06. The fourth-order valence-corrected chi connectivity index (χ4v) is 1.16. The lowest BCUT2D eigenvalue weighted by Crippen LogP contribution is -2.22. The zero-order chi connectivity index (χ0) is 12.8. The van der Waals surface area contributed by atoms with E-state index >= 15 is 0 Å². The number of hydrogen-bond acceptors (Lipinski definition) is 4. The summed E-state index contributed by atoms with van der Waals surface area (Å²) in [5, 5.41) is 13.4. The first kappa shape index (κ1) is 12.8. The van der Waals surface area contributed by atoms with Gasteiger partial charge in [0.1, 0.15) is 17.4 Å². The first-order valence-electron chi connectivity index (χ1n) is 4.66. The molecule has 6 nitrogen and oxygen atoms in total. The summed E-state index contributed by atoms with van der Waals surface area (Å²) in [6, 6.07) is 3.68. The van der Waals surface area contributed by atoms with Gasteiger partial charge >= 0.3 is 0 Å². The molecule has 92 valence electrons. The van der Waals surface area contributed by atoms with Gasteiger partial charge < -0.3 is 21.0 Å². The third-order valence-electron chi connectivity index (χ3n) is 1.91. The van der Waals surface area contributed by atoms with Gasteiger partial charge in [0.2, 0.25) is 5.91 Å². The minimum Gasteiger partial charge on any atom is -0.494 e. The van der Waals surface area contributed by atoms with Gasteiger partial charge in [-0.2, -0.15) is 0 Å². The number of carbonyl (C=O) groups is 1. The maximum atomic E-state index is 12.9. The van der Waals surface area contributed by atoms with Gasteiger partial charge in [0, 0.05) is 6.07 Å². The zero-order valence-electron chi connectivity index (χ0n) is 9.11. The summed E-state index contributed by atoms with van der Waals surface area (Å²) in [5.41, 5.74) is 5.48. The molecule has 0 saturated carbocycles. The second kappa shape index (κ2) is 5.69. The van der Waals surface area contributed by atoms with Crippen molar-refractivity contribution in [3.05, 3.63) is 24.0 Å². The number of amides is 1. The summed E-state index contributed by atoms with van der Waals surface area (Å²) in [6.07, 6.45) is -0.267. The second-order valence-corrected chi connectivity index (χ2v) is 3.16. The number of ether oxygens (including phenoxy) is 1. The van der Waals surface area contributed by atoms with Crippen molar-refractivity contribution >= 4 is 17.4 Å². The van der Waals surface area contributed by atoms with Gasteiger partial charge in [0.15, 0.2) is 0 Å². The Kier molecular flexibility index (Phi) is 4.27. The van der Waals surface area contributed by atoms with Crippen LogP contribution < -0.4 is 15.8 Å². The monoisotopic (exact) mass is 241 g/mol. The Morgan fingerprint density at radius 3 is 2.94 bits per heavy atom. The van der Waals surface area contributed by atoms with Crippen LogP contribution in [-0.4, -0.2) is 24.1 Å². The normalized spacial score (nSPS) is 11.1. The van der Waals surface area contributed by atoms with Crippen LogP contribution in [0.1, 0.15) is 6.42 Å². The van der Waals surface area contributed by atoms with E-state index in [0.717, 1.165) is 6.07 Å². The van der Waals surface area contributed by atoms with E-state index in [2.05, 4.69) is 10.5 Å². The van der Waals surface area contributed by atoms with E-state index in [1.165, 1.54) is 19.2 Å². The summed E-state index contributed by atoms with van der Waals surface area (Å²) in [5.74, 6) is -0.997. The van der Waals surface area contributed by atoms with Crippen molar-refractivity contribution in [3.63, 3.8) is 0 Å². The number of benzene rings is 1. The number of anilines is 1. The smallest absolute Gasteiger partial charge is 0.232 e. The topological polar surface area (TPSA) is 96.9 Å². The number of methoxy groups -OCH3 is 1. The molecule has 1 aromatic carbocycles. The maximum Gasteiger partial charge on any atom is 0.232 e. The van der Waals surface area contributed by atoms with E-state index in [1.807, 2.05) is 0 Å². The van der Waals surface area contributed by atoms with Gasteiger partial charge in [-0.1, -0.05) is 5.16 Å². The van der Waals surface area contributed by atoms with Crippen molar-refractivity contribution in [2.24, 2.45) is 10.9 Å². The van der Waals surface area contributed by atoms with E-state index in [1.54, 1.807) is 0 Å². The van der Waals surface area contributed by atoms with Crippen LogP contribution in [0.4, 0.5) is 10.1 Å². The third kappa shape index (κ3) is 3.63. The highest BCUT2D eigenvalue weighted by Gasteiger charge is 2.10. The van der Waals surface area contributed by atoms with Crippen LogP contribution in [0.3, 0.4) is 0 Å². The molecular weight excluding hydrogens is 229 g/mol. The number of rotatable bonds is 4. The molecule has 0 radical (unpaired) electrons. The molecule has 4 N–H and O–H groups in total. The standard InChI is InChI=1S/C10H12FN3O3/c1-17-8-4-6(11)2-3-7(8)13-10(15)5-9(12)14-16/h2-4,16H,5H2,1H3,(H2,12,14)(H,13,15). The van der Waals surface area contributed by atoms with Crippen LogP contribution in [0.15, 0.2) is 23.4 Å². The molecule has 0 aliphatic heterocycles. The quantitative estimate of drug-likeness (QED) is 0.316. The van der Waals surface area contributed by atoms with Gasteiger partial charge in [-0.3, -0.25) is 4.79 Å². The molecule has 0 aromatic heterocycles. The number of nitrogens with zero attached hydrogens (tertiary/aromatic N) is 1. The van der Waals surface area contributed by atoms with Crippen molar-refractivity contribution in [1.82, 2.24) is 0 Å². The minimum absolute atomic E-state index is 0.192. The lowest BCUT2D eigenvalue weighted by atomic mass is 10.2. The molecule has 17 heavy (non-hydrogen) atoms. The summed E-state index contributed by atoms with van der Waals surface area (Å²) >= 11 is 0. The number of halogens is 1. The van der Waals surface area contributed by atoms with E-state index in [9.17, 15) is 9.18 Å². The first-order valence-corrected chi connectivity index (χ1v) is 4.66. The van der Waals surface area contributed by atoms with Crippen LogP contribution in [0.25, 0.3) is 0 Å². The van der Waals surface area contributed by atoms with Crippen molar-refractivity contribution in [3.8, 4) is 5.75 Å². The fourth-order valence-electron chi connectivity index (χ4n) is 1.16. The molecule has 0 unspecified atom stereocenters. The molecule has 0 aliphatic carbocycles. The Labute approximate surface area is 96.9 Å². The van der Waals surface area contributed by atoms with Crippen molar-refractivity contribution < 1.29 is 19.1 Å². The summed E-state index contributed by atoms with van der Waals surface area (Å²) in [7, 11) is 1.36. The average molecular weight is 241 g/mol. The van der Waals surface area contributed by atoms with Gasteiger partial charge in [-0.15, -0.1) is 0 Å². The molecule has 0 spiro atoms. The van der Waals surface area contributed by atoms with E-state index in [4.69, 9.17) is 15.7 Å². The third-order valence-corrected chi connectivity index (χ3v) is 1.91. The number of nitrogens with one attached hydrogen (secondary N) is 1. The molecule has 0 fully saturated rings. The van der Waals surface area contributed by atoms with Crippen molar-refractivity contribution in [1.29, 1.82) is 0 Å². The largest absolute Gasteiger partial charge is 0.494 e. The highest BCUT2D eigenvalue weighted by molar-refractivity contribution is 6.05. The number of nitrogens with two attached hydrogens (primary N) is 1. The van der Waals surface area contributed by atoms with Gasteiger partial charge in [-0.05, 0) is 12.1 Å². The number of amidine groups is 1. The Bertz CT molecular complexity index is 448. The highest BCUT2D eigenvalue weighted by Crippen LogP contribution is 2.24. The molecule has 0 heterocycles. The average Bonchev–Trinajstić information content (AvgIpc) is 2.31.